The number of aliphatic hydroxyl groups excluding tert-OH is 2. The molecule has 0 aliphatic heterocycles. The van der Waals surface area contributed by atoms with Crippen LogP contribution >= 0.6 is 0 Å². The van der Waals surface area contributed by atoms with Gasteiger partial charge >= 0.3 is 0 Å². The highest BCUT2D eigenvalue weighted by Crippen LogP contribution is 2.14. The lowest BCUT2D eigenvalue weighted by Gasteiger charge is -2.08. The van der Waals surface area contributed by atoms with Crippen molar-refractivity contribution in [3.8, 4) is 5.75 Å². The Morgan fingerprint density at radius 1 is 1.11 bits per heavy atom. The summed E-state index contributed by atoms with van der Waals surface area (Å²) in [6.45, 7) is 2.71. The molecule has 0 radical (unpaired) electrons. The van der Waals surface area contributed by atoms with E-state index in [0.29, 0.717) is 6.61 Å². The largest absolute Gasteiger partial charge is 0.494 e. The number of unbranched alkanes of at least 4 members (excludes halogenated alkanes) is 1. The van der Waals surface area contributed by atoms with E-state index >= 15 is 0 Å². The summed E-state index contributed by atoms with van der Waals surface area (Å²) < 4.78 is 5.59. The minimum atomic E-state index is -0.248. The molecule has 0 heterocycles. The fourth-order valence-electron chi connectivity index (χ4n) is 1.76. The summed E-state index contributed by atoms with van der Waals surface area (Å²) in [6.07, 6.45) is 4.28. The van der Waals surface area contributed by atoms with Gasteiger partial charge in [0.15, 0.2) is 0 Å². The summed E-state index contributed by atoms with van der Waals surface area (Å²) >= 11 is 0. The Labute approximate surface area is 109 Å². The Balaban J connectivity index is 2.23. The molecule has 0 bridgehead atoms. The van der Waals surface area contributed by atoms with Gasteiger partial charge in [-0.2, -0.15) is 0 Å². The van der Waals surface area contributed by atoms with Crippen LogP contribution in [-0.2, 0) is 6.42 Å². The lowest BCUT2D eigenvalue weighted by Crippen LogP contribution is -2.04. The Hall–Kier alpha value is -1.06. The third-order valence-electron chi connectivity index (χ3n) is 2.83. The van der Waals surface area contributed by atoms with Crippen molar-refractivity contribution in [2.75, 3.05) is 13.2 Å². The van der Waals surface area contributed by atoms with E-state index in [2.05, 4.69) is 12.1 Å². The maximum Gasteiger partial charge on any atom is 0.119 e. The van der Waals surface area contributed by atoms with Crippen LogP contribution in [0.2, 0.25) is 0 Å². The van der Waals surface area contributed by atoms with Gasteiger partial charge in [0.05, 0.1) is 12.7 Å². The Bertz CT molecular complexity index is 306. The zero-order chi connectivity index (χ0) is 13.2. The van der Waals surface area contributed by atoms with Crippen LogP contribution in [0.5, 0.6) is 5.75 Å². The molecule has 0 aromatic heterocycles. The van der Waals surface area contributed by atoms with Crippen molar-refractivity contribution in [3.05, 3.63) is 29.8 Å². The minimum Gasteiger partial charge on any atom is -0.494 e. The molecule has 0 aliphatic rings. The molecule has 102 valence electrons. The van der Waals surface area contributed by atoms with E-state index in [4.69, 9.17) is 14.9 Å². The van der Waals surface area contributed by atoms with E-state index in [1.165, 1.54) is 5.56 Å². The van der Waals surface area contributed by atoms with E-state index in [9.17, 15) is 0 Å². The molecular weight excluding hydrogens is 228 g/mol. The van der Waals surface area contributed by atoms with Crippen molar-refractivity contribution in [1.29, 1.82) is 0 Å². The second-order valence-electron chi connectivity index (χ2n) is 4.66. The SMILES string of the molecule is CC(O)CCCOc1ccc(CCCCO)cc1. The van der Waals surface area contributed by atoms with E-state index in [1.807, 2.05) is 12.1 Å². The van der Waals surface area contributed by atoms with Crippen LogP contribution in [0.3, 0.4) is 0 Å². The molecule has 0 aliphatic carbocycles. The zero-order valence-corrected chi connectivity index (χ0v) is 11.1. The molecular formula is C15H24O3. The van der Waals surface area contributed by atoms with Crippen LogP contribution in [-0.4, -0.2) is 29.5 Å². The lowest BCUT2D eigenvalue weighted by atomic mass is 10.1. The average Bonchev–Trinajstić information content (AvgIpc) is 2.36. The van der Waals surface area contributed by atoms with Crippen LogP contribution in [0.1, 0.15) is 38.2 Å². The van der Waals surface area contributed by atoms with Crippen LogP contribution < -0.4 is 4.74 Å². The molecule has 1 aromatic rings. The smallest absolute Gasteiger partial charge is 0.119 e. The number of aliphatic hydroxyl groups is 2. The van der Waals surface area contributed by atoms with Crippen molar-refractivity contribution in [1.82, 2.24) is 0 Å². The van der Waals surface area contributed by atoms with E-state index < -0.39 is 0 Å². The third kappa shape index (κ3) is 6.62. The minimum absolute atomic E-state index is 0.248. The van der Waals surface area contributed by atoms with Crippen molar-refractivity contribution < 1.29 is 14.9 Å². The van der Waals surface area contributed by atoms with Gasteiger partial charge in [0.2, 0.25) is 0 Å². The fraction of sp³-hybridized carbons (Fsp3) is 0.600. The summed E-state index contributed by atoms with van der Waals surface area (Å²) in [5, 5.41) is 17.8. The molecule has 3 nitrogen and oxygen atoms in total. The van der Waals surface area contributed by atoms with Crippen LogP contribution in [0, 0.1) is 0 Å². The molecule has 1 rings (SSSR count). The number of benzene rings is 1. The maximum atomic E-state index is 9.12. The van der Waals surface area contributed by atoms with E-state index in [0.717, 1.165) is 37.9 Å². The lowest BCUT2D eigenvalue weighted by molar-refractivity contribution is 0.170. The highest BCUT2D eigenvalue weighted by molar-refractivity contribution is 5.27. The average molecular weight is 252 g/mol. The topological polar surface area (TPSA) is 49.7 Å². The summed E-state index contributed by atoms with van der Waals surface area (Å²) in [6, 6.07) is 8.11. The Kier molecular flexibility index (Phi) is 7.46. The molecule has 2 N–H and O–H groups in total. The monoisotopic (exact) mass is 252 g/mol. The zero-order valence-electron chi connectivity index (χ0n) is 11.1. The van der Waals surface area contributed by atoms with Gasteiger partial charge in [-0.05, 0) is 56.7 Å². The maximum absolute atomic E-state index is 9.12. The molecule has 18 heavy (non-hydrogen) atoms. The summed E-state index contributed by atoms with van der Waals surface area (Å²) in [5.74, 6) is 0.881. The molecule has 1 atom stereocenters. The van der Waals surface area contributed by atoms with Gasteiger partial charge < -0.3 is 14.9 Å². The van der Waals surface area contributed by atoms with Gasteiger partial charge in [0.25, 0.3) is 0 Å². The molecule has 0 amide bonds. The molecule has 1 aromatic carbocycles. The van der Waals surface area contributed by atoms with Crippen molar-refractivity contribution in [3.63, 3.8) is 0 Å². The molecule has 0 saturated carbocycles. The third-order valence-corrected chi connectivity index (χ3v) is 2.83. The highest BCUT2D eigenvalue weighted by Gasteiger charge is 1.98. The molecule has 1 unspecified atom stereocenters. The summed E-state index contributed by atoms with van der Waals surface area (Å²) in [7, 11) is 0. The highest BCUT2D eigenvalue weighted by atomic mass is 16.5. The van der Waals surface area contributed by atoms with Crippen LogP contribution in [0.4, 0.5) is 0 Å². The first-order chi connectivity index (χ1) is 8.72. The van der Waals surface area contributed by atoms with E-state index in [1.54, 1.807) is 6.92 Å². The molecule has 3 heteroatoms. The van der Waals surface area contributed by atoms with Gasteiger partial charge in [-0.1, -0.05) is 12.1 Å². The van der Waals surface area contributed by atoms with Gasteiger partial charge in [0, 0.05) is 6.61 Å². The normalized spacial score (nSPS) is 12.4. The number of ether oxygens (including phenoxy) is 1. The Morgan fingerprint density at radius 2 is 1.83 bits per heavy atom. The first-order valence-electron chi connectivity index (χ1n) is 6.73. The van der Waals surface area contributed by atoms with Gasteiger partial charge in [-0.15, -0.1) is 0 Å². The molecule has 0 saturated heterocycles. The predicted octanol–water partition coefficient (Wildman–Crippen LogP) is 2.54. The number of hydrogen-bond acceptors (Lipinski definition) is 3. The number of hydrogen-bond donors (Lipinski definition) is 2. The summed E-state index contributed by atoms with van der Waals surface area (Å²) in [4.78, 5) is 0. The standard InChI is InChI=1S/C15H24O3/c1-13(17)5-4-12-18-15-9-7-14(8-10-15)6-2-3-11-16/h7-10,13,16-17H,2-6,11-12H2,1H3. The molecule has 0 spiro atoms. The second-order valence-corrected chi connectivity index (χ2v) is 4.66. The van der Waals surface area contributed by atoms with Gasteiger partial charge in [-0.3, -0.25) is 0 Å². The quantitative estimate of drug-likeness (QED) is 0.664. The van der Waals surface area contributed by atoms with Crippen molar-refractivity contribution in [2.24, 2.45) is 0 Å². The predicted molar refractivity (Wildman–Crippen MR) is 72.9 cm³/mol. The van der Waals surface area contributed by atoms with Crippen molar-refractivity contribution in [2.45, 2.75) is 45.1 Å². The van der Waals surface area contributed by atoms with Gasteiger partial charge in [0.1, 0.15) is 5.75 Å². The molecule has 0 fully saturated rings. The first-order valence-corrected chi connectivity index (χ1v) is 6.73. The number of rotatable bonds is 9. The Morgan fingerprint density at radius 3 is 2.44 bits per heavy atom. The number of aryl methyl sites for hydroxylation is 1. The fourth-order valence-corrected chi connectivity index (χ4v) is 1.76. The van der Waals surface area contributed by atoms with Crippen molar-refractivity contribution >= 4 is 0 Å². The van der Waals surface area contributed by atoms with E-state index in [-0.39, 0.29) is 12.7 Å². The summed E-state index contributed by atoms with van der Waals surface area (Å²) in [5.41, 5.74) is 1.28. The first kappa shape index (κ1) is 15.0. The second kappa shape index (κ2) is 8.95. The van der Waals surface area contributed by atoms with Crippen LogP contribution in [0.15, 0.2) is 24.3 Å². The van der Waals surface area contributed by atoms with Gasteiger partial charge in [-0.25, -0.2) is 0 Å². The van der Waals surface area contributed by atoms with Crippen LogP contribution in [0.25, 0.3) is 0 Å².